The normalized spacial score (nSPS) is 40.7. The Bertz CT molecular complexity index is 247. The maximum absolute atomic E-state index is 10.3. The number of nitrogens with one attached hydrogen (secondary N) is 1. The van der Waals surface area contributed by atoms with Crippen molar-refractivity contribution in [2.75, 3.05) is 13.2 Å². The van der Waals surface area contributed by atoms with Gasteiger partial charge in [0.05, 0.1) is 13.2 Å². The standard InChI is InChI=1S/C8H15NO6/c1-8(9-2-5(11)12)7(14)6(13)4(3-10)15-8/h4,6-7,9-10,13-14H,2-3H2,1H3,(H,11,12)/t4-,6-,7+,8-/m1/s1. The molecule has 1 rings (SSSR count). The van der Waals surface area contributed by atoms with Crippen molar-refractivity contribution in [1.82, 2.24) is 5.32 Å². The van der Waals surface area contributed by atoms with E-state index in [1.54, 1.807) is 0 Å². The summed E-state index contributed by atoms with van der Waals surface area (Å²) in [6.45, 7) is 0.570. The minimum Gasteiger partial charge on any atom is -0.480 e. The number of carboxylic acids is 1. The van der Waals surface area contributed by atoms with Crippen LogP contribution < -0.4 is 5.32 Å². The summed E-state index contributed by atoms with van der Waals surface area (Å²) in [5.74, 6) is -1.10. The Morgan fingerprint density at radius 2 is 2.13 bits per heavy atom. The highest BCUT2D eigenvalue weighted by Gasteiger charge is 2.50. The summed E-state index contributed by atoms with van der Waals surface area (Å²) >= 11 is 0. The molecule has 0 saturated carbocycles. The predicted octanol–water partition coefficient (Wildman–Crippen LogP) is -2.51. The summed E-state index contributed by atoms with van der Waals surface area (Å²) in [4.78, 5) is 10.3. The van der Waals surface area contributed by atoms with Crippen molar-refractivity contribution in [1.29, 1.82) is 0 Å². The van der Waals surface area contributed by atoms with E-state index in [1.807, 2.05) is 0 Å². The van der Waals surface area contributed by atoms with E-state index in [4.69, 9.17) is 14.9 Å². The van der Waals surface area contributed by atoms with Crippen molar-refractivity contribution in [3.8, 4) is 0 Å². The van der Waals surface area contributed by atoms with Crippen LogP contribution in [0.1, 0.15) is 6.92 Å². The number of hydrogen-bond donors (Lipinski definition) is 5. The molecule has 0 aliphatic carbocycles. The summed E-state index contributed by atoms with van der Waals surface area (Å²) in [5, 5.41) is 38.8. The van der Waals surface area contributed by atoms with Gasteiger partial charge < -0.3 is 25.2 Å². The third kappa shape index (κ3) is 2.44. The van der Waals surface area contributed by atoms with Crippen LogP contribution in [0.5, 0.6) is 0 Å². The molecule has 0 radical (unpaired) electrons. The second kappa shape index (κ2) is 4.42. The van der Waals surface area contributed by atoms with Gasteiger partial charge in [-0.1, -0.05) is 0 Å². The molecule has 1 aliphatic heterocycles. The first-order valence-electron chi connectivity index (χ1n) is 4.52. The maximum atomic E-state index is 10.3. The molecule has 1 aliphatic rings. The zero-order chi connectivity index (χ0) is 11.6. The van der Waals surface area contributed by atoms with E-state index >= 15 is 0 Å². The smallest absolute Gasteiger partial charge is 0.317 e. The summed E-state index contributed by atoms with van der Waals surface area (Å²) < 4.78 is 5.15. The predicted molar refractivity (Wildman–Crippen MR) is 48.0 cm³/mol. The van der Waals surface area contributed by atoms with Gasteiger partial charge in [-0.25, -0.2) is 0 Å². The van der Waals surface area contributed by atoms with Gasteiger partial charge in [0.1, 0.15) is 24.0 Å². The fraction of sp³-hybridized carbons (Fsp3) is 0.875. The molecule has 0 aromatic heterocycles. The highest BCUT2D eigenvalue weighted by atomic mass is 16.6. The highest BCUT2D eigenvalue weighted by Crippen LogP contribution is 2.28. The topological polar surface area (TPSA) is 119 Å². The van der Waals surface area contributed by atoms with Crippen LogP contribution in [0.3, 0.4) is 0 Å². The summed E-state index contributed by atoms with van der Waals surface area (Å²) in [6, 6.07) is 0. The highest BCUT2D eigenvalue weighted by molar-refractivity contribution is 5.69. The van der Waals surface area contributed by atoms with Crippen LogP contribution in [-0.2, 0) is 9.53 Å². The number of aliphatic hydroxyl groups excluding tert-OH is 3. The molecule has 0 spiro atoms. The van der Waals surface area contributed by atoms with Gasteiger partial charge >= 0.3 is 5.97 Å². The second-order valence-electron chi connectivity index (χ2n) is 3.63. The third-order valence-corrected chi connectivity index (χ3v) is 2.44. The Labute approximate surface area is 86.3 Å². The number of carboxylic acid groups (broad SMARTS) is 1. The van der Waals surface area contributed by atoms with E-state index in [9.17, 15) is 15.0 Å². The van der Waals surface area contributed by atoms with Gasteiger partial charge in [-0.3, -0.25) is 10.1 Å². The molecule has 0 unspecified atom stereocenters. The van der Waals surface area contributed by atoms with E-state index < -0.39 is 43.2 Å². The molecule has 1 fully saturated rings. The minimum absolute atomic E-state index is 0.404. The van der Waals surface area contributed by atoms with Crippen molar-refractivity contribution < 1.29 is 30.0 Å². The van der Waals surface area contributed by atoms with Gasteiger partial charge in [0.2, 0.25) is 0 Å². The van der Waals surface area contributed by atoms with Gasteiger partial charge in [0.15, 0.2) is 0 Å². The Hall–Kier alpha value is -0.730. The fourth-order valence-electron chi connectivity index (χ4n) is 1.53. The van der Waals surface area contributed by atoms with Gasteiger partial charge in [0, 0.05) is 0 Å². The Morgan fingerprint density at radius 1 is 1.53 bits per heavy atom. The molecule has 7 heteroatoms. The molecule has 5 N–H and O–H groups in total. The van der Waals surface area contributed by atoms with Crippen LogP contribution in [0, 0.1) is 0 Å². The Morgan fingerprint density at radius 3 is 2.53 bits per heavy atom. The zero-order valence-corrected chi connectivity index (χ0v) is 8.25. The molecule has 0 aromatic carbocycles. The average Bonchev–Trinajstić information content (AvgIpc) is 2.41. The Balaban J connectivity index is 2.64. The lowest BCUT2D eigenvalue weighted by Crippen LogP contribution is -2.53. The number of rotatable bonds is 4. The van der Waals surface area contributed by atoms with Crippen molar-refractivity contribution in [3.05, 3.63) is 0 Å². The maximum Gasteiger partial charge on any atom is 0.317 e. The first-order valence-corrected chi connectivity index (χ1v) is 4.52. The molecule has 15 heavy (non-hydrogen) atoms. The summed E-state index contributed by atoms with van der Waals surface area (Å²) in [7, 11) is 0. The Kier molecular flexibility index (Phi) is 3.63. The molecular weight excluding hydrogens is 206 g/mol. The molecule has 0 aromatic rings. The lowest BCUT2D eigenvalue weighted by Gasteiger charge is -2.28. The molecule has 4 atom stereocenters. The second-order valence-corrected chi connectivity index (χ2v) is 3.63. The van der Waals surface area contributed by atoms with Gasteiger partial charge in [-0.15, -0.1) is 0 Å². The van der Waals surface area contributed by atoms with E-state index in [2.05, 4.69) is 5.32 Å². The van der Waals surface area contributed by atoms with Gasteiger partial charge in [0.25, 0.3) is 0 Å². The summed E-state index contributed by atoms with van der Waals surface area (Å²) in [6.07, 6.45) is -3.43. The van der Waals surface area contributed by atoms with Crippen LogP contribution in [-0.4, -0.2) is 63.6 Å². The molecule has 0 bridgehead atoms. The lowest BCUT2D eigenvalue weighted by atomic mass is 10.0. The molecule has 88 valence electrons. The number of aliphatic hydroxyl groups is 3. The molecular formula is C8H15NO6. The minimum atomic E-state index is -1.36. The van der Waals surface area contributed by atoms with Crippen LogP contribution in [0.4, 0.5) is 0 Å². The SMILES string of the molecule is C[C@@]1(NCC(=O)O)O[C@H](CO)[C@@H](O)[C@@H]1O. The van der Waals surface area contributed by atoms with Gasteiger partial charge in [-0.05, 0) is 6.92 Å². The molecule has 1 saturated heterocycles. The quantitative estimate of drug-likeness (QED) is 0.355. The lowest BCUT2D eigenvalue weighted by molar-refractivity contribution is -0.141. The third-order valence-electron chi connectivity index (χ3n) is 2.44. The van der Waals surface area contributed by atoms with Crippen LogP contribution in [0.25, 0.3) is 0 Å². The fourth-order valence-corrected chi connectivity index (χ4v) is 1.53. The van der Waals surface area contributed by atoms with Crippen molar-refractivity contribution in [2.24, 2.45) is 0 Å². The monoisotopic (exact) mass is 221 g/mol. The van der Waals surface area contributed by atoms with Crippen molar-refractivity contribution in [2.45, 2.75) is 31.0 Å². The zero-order valence-electron chi connectivity index (χ0n) is 8.25. The van der Waals surface area contributed by atoms with Crippen LogP contribution >= 0.6 is 0 Å². The first kappa shape index (κ1) is 12.3. The number of hydrogen-bond acceptors (Lipinski definition) is 6. The molecule has 1 heterocycles. The average molecular weight is 221 g/mol. The summed E-state index contributed by atoms with van der Waals surface area (Å²) in [5.41, 5.74) is -1.36. The van der Waals surface area contributed by atoms with E-state index in [1.165, 1.54) is 6.92 Å². The van der Waals surface area contributed by atoms with Crippen LogP contribution in [0.15, 0.2) is 0 Å². The van der Waals surface area contributed by atoms with Crippen molar-refractivity contribution in [3.63, 3.8) is 0 Å². The number of carbonyl (C=O) groups is 1. The van der Waals surface area contributed by atoms with Crippen molar-refractivity contribution >= 4 is 5.97 Å². The van der Waals surface area contributed by atoms with E-state index in [-0.39, 0.29) is 0 Å². The van der Waals surface area contributed by atoms with Crippen LogP contribution in [0.2, 0.25) is 0 Å². The molecule has 0 amide bonds. The number of ether oxygens (including phenoxy) is 1. The van der Waals surface area contributed by atoms with E-state index in [0.717, 1.165) is 0 Å². The largest absolute Gasteiger partial charge is 0.480 e. The first-order chi connectivity index (χ1) is 6.90. The number of aliphatic carboxylic acids is 1. The van der Waals surface area contributed by atoms with Gasteiger partial charge in [-0.2, -0.15) is 0 Å². The molecule has 7 nitrogen and oxygen atoms in total. The van der Waals surface area contributed by atoms with E-state index in [0.29, 0.717) is 0 Å².